The molecule has 0 aromatic heterocycles. The molecule has 1 amide bonds. The van der Waals surface area contributed by atoms with E-state index >= 15 is 0 Å². The number of rotatable bonds is 1. The zero-order valence-corrected chi connectivity index (χ0v) is 11.4. The summed E-state index contributed by atoms with van der Waals surface area (Å²) in [7, 11) is 1.21. The number of amides is 1. The summed E-state index contributed by atoms with van der Waals surface area (Å²) in [4.78, 5) is 26.4. The maximum absolute atomic E-state index is 11.6. The monoisotopic (exact) mass is 282 g/mol. The van der Waals surface area contributed by atoms with Crippen molar-refractivity contribution in [3.8, 4) is 0 Å². The fourth-order valence-corrected chi connectivity index (χ4v) is 2.24. The lowest BCUT2D eigenvalue weighted by Crippen LogP contribution is -2.50. The molecule has 102 valence electrons. The first-order valence-electron chi connectivity index (χ1n) is 5.99. The molecule has 1 aromatic rings. The molecule has 0 atom stereocenters. The summed E-state index contributed by atoms with van der Waals surface area (Å²) in [6.07, 6.45) is 0. The summed E-state index contributed by atoms with van der Waals surface area (Å²) in [5, 5.41) is 0.686. The Balaban J connectivity index is 1.96. The fourth-order valence-electron chi connectivity index (χ4n) is 2.06. The molecule has 1 aliphatic rings. The molecule has 1 aromatic carbocycles. The normalized spacial score (nSPS) is 15.3. The van der Waals surface area contributed by atoms with Gasteiger partial charge in [0.25, 0.3) is 0 Å². The van der Waals surface area contributed by atoms with E-state index in [2.05, 4.69) is 9.64 Å². The van der Waals surface area contributed by atoms with E-state index in [0.717, 1.165) is 5.69 Å². The number of esters is 1. The largest absolute Gasteiger partial charge is 0.462 e. The Morgan fingerprint density at radius 3 is 2.47 bits per heavy atom. The zero-order chi connectivity index (χ0) is 13.8. The van der Waals surface area contributed by atoms with Crippen molar-refractivity contribution in [3.63, 3.8) is 0 Å². The molecule has 6 heteroatoms. The molecule has 0 saturated carbocycles. The van der Waals surface area contributed by atoms with E-state index in [0.29, 0.717) is 31.2 Å². The van der Waals surface area contributed by atoms with Gasteiger partial charge in [-0.2, -0.15) is 0 Å². The van der Waals surface area contributed by atoms with Gasteiger partial charge >= 0.3 is 11.9 Å². The van der Waals surface area contributed by atoms with Crippen molar-refractivity contribution >= 4 is 29.2 Å². The van der Waals surface area contributed by atoms with Crippen LogP contribution in [0.15, 0.2) is 24.3 Å². The van der Waals surface area contributed by atoms with Crippen LogP contribution in [0.5, 0.6) is 0 Å². The maximum Gasteiger partial charge on any atom is 0.396 e. The Labute approximate surface area is 116 Å². The minimum atomic E-state index is -0.809. The summed E-state index contributed by atoms with van der Waals surface area (Å²) in [5.74, 6) is -1.38. The third-order valence-electron chi connectivity index (χ3n) is 3.10. The van der Waals surface area contributed by atoms with Crippen LogP contribution in [0.4, 0.5) is 5.69 Å². The number of methoxy groups -OCH3 is 1. The van der Waals surface area contributed by atoms with Gasteiger partial charge in [-0.25, -0.2) is 4.79 Å². The predicted molar refractivity (Wildman–Crippen MR) is 72.3 cm³/mol. The summed E-state index contributed by atoms with van der Waals surface area (Å²) >= 11 is 5.95. The highest BCUT2D eigenvalue weighted by Crippen LogP contribution is 2.20. The number of piperazine rings is 1. The second-order valence-electron chi connectivity index (χ2n) is 4.25. The predicted octanol–water partition coefficient (Wildman–Crippen LogP) is 1.16. The zero-order valence-electron chi connectivity index (χ0n) is 10.6. The van der Waals surface area contributed by atoms with Crippen molar-refractivity contribution < 1.29 is 14.3 Å². The van der Waals surface area contributed by atoms with Crippen LogP contribution in [0.25, 0.3) is 0 Å². The first-order chi connectivity index (χ1) is 9.11. The van der Waals surface area contributed by atoms with Crippen molar-refractivity contribution in [2.45, 2.75) is 0 Å². The molecule has 1 aliphatic heterocycles. The van der Waals surface area contributed by atoms with Gasteiger partial charge in [0.1, 0.15) is 0 Å². The van der Waals surface area contributed by atoms with Crippen molar-refractivity contribution in [1.82, 2.24) is 4.90 Å². The van der Waals surface area contributed by atoms with E-state index in [9.17, 15) is 9.59 Å². The minimum Gasteiger partial charge on any atom is -0.462 e. The van der Waals surface area contributed by atoms with Crippen LogP contribution in [0, 0.1) is 0 Å². The number of carbonyl (C=O) groups is 2. The standard InChI is InChI=1S/C13H15ClN2O3/c1-19-13(18)12(17)16-7-5-15(6-8-16)11-4-2-3-10(14)9-11/h2-4,9H,5-8H2,1H3. The summed E-state index contributed by atoms with van der Waals surface area (Å²) < 4.78 is 4.43. The molecule has 0 N–H and O–H groups in total. The molecular weight excluding hydrogens is 268 g/mol. The Morgan fingerprint density at radius 1 is 1.21 bits per heavy atom. The van der Waals surface area contributed by atoms with Crippen LogP contribution in [-0.2, 0) is 14.3 Å². The molecule has 1 saturated heterocycles. The van der Waals surface area contributed by atoms with Crippen LogP contribution in [-0.4, -0.2) is 50.1 Å². The van der Waals surface area contributed by atoms with Crippen molar-refractivity contribution in [1.29, 1.82) is 0 Å². The Kier molecular flexibility index (Phi) is 4.27. The van der Waals surface area contributed by atoms with Gasteiger partial charge in [0, 0.05) is 36.9 Å². The average molecular weight is 283 g/mol. The number of hydrogen-bond acceptors (Lipinski definition) is 4. The van der Waals surface area contributed by atoms with Crippen LogP contribution in [0.1, 0.15) is 0 Å². The van der Waals surface area contributed by atoms with Crippen molar-refractivity contribution in [2.24, 2.45) is 0 Å². The van der Waals surface area contributed by atoms with Crippen LogP contribution in [0.3, 0.4) is 0 Å². The molecule has 5 nitrogen and oxygen atoms in total. The van der Waals surface area contributed by atoms with Gasteiger partial charge < -0.3 is 14.5 Å². The first-order valence-corrected chi connectivity index (χ1v) is 6.37. The quantitative estimate of drug-likeness (QED) is 0.573. The Bertz CT molecular complexity index is 485. The fraction of sp³-hybridized carbons (Fsp3) is 0.385. The van der Waals surface area contributed by atoms with Crippen molar-refractivity contribution in [2.75, 3.05) is 38.2 Å². The van der Waals surface area contributed by atoms with Crippen LogP contribution in [0.2, 0.25) is 5.02 Å². The lowest BCUT2D eigenvalue weighted by molar-refractivity contribution is -0.158. The van der Waals surface area contributed by atoms with E-state index in [1.165, 1.54) is 12.0 Å². The third-order valence-corrected chi connectivity index (χ3v) is 3.34. The van der Waals surface area contributed by atoms with E-state index in [4.69, 9.17) is 11.6 Å². The summed E-state index contributed by atoms with van der Waals surface area (Å²) in [6, 6.07) is 7.58. The van der Waals surface area contributed by atoms with Gasteiger partial charge in [0.15, 0.2) is 0 Å². The lowest BCUT2D eigenvalue weighted by Gasteiger charge is -2.35. The molecule has 1 fully saturated rings. The number of ether oxygens (including phenoxy) is 1. The molecule has 0 radical (unpaired) electrons. The summed E-state index contributed by atoms with van der Waals surface area (Å²) in [5.41, 5.74) is 1.03. The van der Waals surface area contributed by atoms with E-state index in [1.807, 2.05) is 24.3 Å². The number of nitrogens with zero attached hydrogens (tertiary/aromatic N) is 2. The topological polar surface area (TPSA) is 49.9 Å². The average Bonchev–Trinajstić information content (AvgIpc) is 2.46. The lowest BCUT2D eigenvalue weighted by atomic mass is 10.2. The van der Waals surface area contributed by atoms with Gasteiger partial charge in [-0.05, 0) is 18.2 Å². The highest BCUT2D eigenvalue weighted by atomic mass is 35.5. The molecular formula is C13H15ClN2O3. The number of anilines is 1. The molecule has 0 aliphatic carbocycles. The molecule has 19 heavy (non-hydrogen) atoms. The second-order valence-corrected chi connectivity index (χ2v) is 4.69. The number of halogens is 1. The Morgan fingerprint density at radius 2 is 1.89 bits per heavy atom. The molecule has 0 bridgehead atoms. The van der Waals surface area contributed by atoms with E-state index in [1.54, 1.807) is 0 Å². The van der Waals surface area contributed by atoms with Gasteiger partial charge in [-0.1, -0.05) is 17.7 Å². The number of benzene rings is 1. The number of carbonyl (C=O) groups excluding carboxylic acids is 2. The highest BCUT2D eigenvalue weighted by Gasteiger charge is 2.26. The molecule has 0 unspecified atom stereocenters. The van der Waals surface area contributed by atoms with Gasteiger partial charge in [0.2, 0.25) is 0 Å². The van der Waals surface area contributed by atoms with Gasteiger partial charge in [-0.3, -0.25) is 4.79 Å². The van der Waals surface area contributed by atoms with Gasteiger partial charge in [-0.15, -0.1) is 0 Å². The Hall–Kier alpha value is -1.75. The molecule has 2 rings (SSSR count). The molecule has 1 heterocycles. The first kappa shape index (κ1) is 13.7. The van der Waals surface area contributed by atoms with E-state index < -0.39 is 11.9 Å². The SMILES string of the molecule is COC(=O)C(=O)N1CCN(c2cccc(Cl)c2)CC1. The smallest absolute Gasteiger partial charge is 0.396 e. The summed E-state index contributed by atoms with van der Waals surface area (Å²) in [6.45, 7) is 2.34. The van der Waals surface area contributed by atoms with Crippen molar-refractivity contribution in [3.05, 3.63) is 29.3 Å². The minimum absolute atomic E-state index is 0.500. The second kappa shape index (κ2) is 5.93. The maximum atomic E-state index is 11.6. The third kappa shape index (κ3) is 3.17. The van der Waals surface area contributed by atoms with Crippen LogP contribution < -0.4 is 4.90 Å². The van der Waals surface area contributed by atoms with Gasteiger partial charge in [0.05, 0.1) is 7.11 Å². The molecule has 0 spiro atoms. The van der Waals surface area contributed by atoms with Crippen LogP contribution >= 0.6 is 11.6 Å². The highest BCUT2D eigenvalue weighted by molar-refractivity contribution is 6.32. The number of hydrogen-bond donors (Lipinski definition) is 0. The van der Waals surface area contributed by atoms with E-state index in [-0.39, 0.29) is 0 Å².